The molecule has 0 radical (unpaired) electrons. The van der Waals surface area contributed by atoms with Gasteiger partial charge in [0.15, 0.2) is 0 Å². The summed E-state index contributed by atoms with van der Waals surface area (Å²) < 4.78 is 16.9. The number of benzene rings is 2. The third-order valence-corrected chi connectivity index (χ3v) is 22.9. The molecule has 0 fully saturated rings. The van der Waals surface area contributed by atoms with Crippen molar-refractivity contribution in [2.24, 2.45) is 0 Å². The molecule has 6 heteroatoms. The number of hydrogen-bond acceptors (Lipinski definition) is 4. The van der Waals surface area contributed by atoms with Gasteiger partial charge in [-0.05, 0) is 0 Å². The first-order valence-corrected chi connectivity index (χ1v) is 22.4. The maximum atomic E-state index is 13.1. The number of rotatable bonds is 16. The normalized spacial score (nSPS) is 12.6. The summed E-state index contributed by atoms with van der Waals surface area (Å²) in [5, 5.41) is 2.76. The fourth-order valence-electron chi connectivity index (χ4n) is 5.06. The number of hydrogen-bond donors (Lipinski definition) is 1. The van der Waals surface area contributed by atoms with Crippen LogP contribution in [0.2, 0.25) is 13.3 Å². The van der Waals surface area contributed by atoms with Gasteiger partial charge in [-0.1, -0.05) is 6.07 Å². The van der Waals surface area contributed by atoms with Gasteiger partial charge in [0.25, 0.3) is 0 Å². The Kier molecular flexibility index (Phi) is 14.4. The molecule has 1 N–H and O–H groups in total. The summed E-state index contributed by atoms with van der Waals surface area (Å²) >= 11 is -2.53. The van der Waals surface area contributed by atoms with E-state index in [0.29, 0.717) is 6.42 Å². The molecular weight excluding hydrogens is 593 g/mol. The van der Waals surface area contributed by atoms with Crippen LogP contribution in [-0.2, 0) is 27.3 Å². The molecule has 0 aliphatic heterocycles. The fraction of sp³-hybridized carbons (Fsp3) is 0.576. The SMILES string of the molecule is CCC[CH2][Sn]([CH2]CCC)([CH2]CCC)[c]1ccc(C[C@H](NC(=O)OC(C)(C)C)C(=O)OCc2ccccc2)cc1. The van der Waals surface area contributed by atoms with Gasteiger partial charge in [0, 0.05) is 0 Å². The van der Waals surface area contributed by atoms with Crippen LogP contribution < -0.4 is 8.90 Å². The Hall–Kier alpha value is -2.02. The topological polar surface area (TPSA) is 64.6 Å². The fourth-order valence-corrected chi connectivity index (χ4v) is 21.0. The second-order valence-electron chi connectivity index (χ2n) is 11.8. The van der Waals surface area contributed by atoms with Crippen molar-refractivity contribution in [3.8, 4) is 0 Å². The zero-order valence-corrected chi connectivity index (χ0v) is 28.0. The molecule has 5 nitrogen and oxygen atoms in total. The minimum atomic E-state index is -2.53. The molecule has 0 saturated heterocycles. The Labute approximate surface area is 241 Å². The summed E-state index contributed by atoms with van der Waals surface area (Å²) in [6, 6.07) is 17.8. The van der Waals surface area contributed by atoms with Crippen LogP contribution in [-0.4, -0.2) is 42.1 Å². The van der Waals surface area contributed by atoms with E-state index in [-0.39, 0.29) is 6.61 Å². The number of carbonyl (C=O) groups is 2. The number of nitrogens with one attached hydrogen (secondary N) is 1. The third kappa shape index (κ3) is 11.9. The Balaban J connectivity index is 2.24. The Bertz CT molecular complexity index is 963. The van der Waals surface area contributed by atoms with Crippen molar-refractivity contribution in [1.29, 1.82) is 0 Å². The van der Waals surface area contributed by atoms with E-state index in [4.69, 9.17) is 9.47 Å². The van der Waals surface area contributed by atoms with Gasteiger partial charge in [-0.3, -0.25) is 0 Å². The van der Waals surface area contributed by atoms with Crippen LogP contribution in [0.5, 0.6) is 0 Å². The summed E-state index contributed by atoms with van der Waals surface area (Å²) in [5.74, 6) is -0.462. The molecule has 39 heavy (non-hydrogen) atoms. The predicted molar refractivity (Wildman–Crippen MR) is 164 cm³/mol. The monoisotopic (exact) mass is 645 g/mol. The van der Waals surface area contributed by atoms with Crippen molar-refractivity contribution in [3.63, 3.8) is 0 Å². The van der Waals surface area contributed by atoms with Crippen LogP contribution in [0.4, 0.5) is 4.79 Å². The van der Waals surface area contributed by atoms with E-state index in [1.54, 1.807) is 3.58 Å². The maximum absolute atomic E-state index is 13.1. The van der Waals surface area contributed by atoms with Crippen molar-refractivity contribution < 1.29 is 19.1 Å². The van der Waals surface area contributed by atoms with Gasteiger partial charge in [0.1, 0.15) is 0 Å². The molecule has 2 aromatic rings. The van der Waals surface area contributed by atoms with E-state index < -0.39 is 42.1 Å². The minimum absolute atomic E-state index is 0.161. The first-order valence-electron chi connectivity index (χ1n) is 14.9. The van der Waals surface area contributed by atoms with Crippen LogP contribution >= 0.6 is 0 Å². The zero-order chi connectivity index (χ0) is 28.7. The van der Waals surface area contributed by atoms with Gasteiger partial charge in [-0.25, -0.2) is 0 Å². The molecule has 0 aliphatic rings. The molecule has 0 saturated carbocycles. The third-order valence-electron chi connectivity index (χ3n) is 7.23. The van der Waals surface area contributed by atoms with Crippen LogP contribution in [0, 0.1) is 0 Å². The average molecular weight is 644 g/mol. The summed E-state index contributed by atoms with van der Waals surface area (Å²) in [5.41, 5.74) is 1.26. The molecule has 0 aliphatic carbocycles. The molecule has 0 spiro atoms. The van der Waals surface area contributed by atoms with E-state index in [9.17, 15) is 9.59 Å². The van der Waals surface area contributed by atoms with E-state index >= 15 is 0 Å². The van der Waals surface area contributed by atoms with Crippen LogP contribution in [0.1, 0.15) is 91.2 Å². The molecule has 216 valence electrons. The van der Waals surface area contributed by atoms with Crippen LogP contribution in [0.25, 0.3) is 0 Å². The number of alkyl carbamates (subject to hydrolysis) is 1. The second-order valence-corrected chi connectivity index (χ2v) is 25.0. The Morgan fingerprint density at radius 1 is 0.795 bits per heavy atom. The van der Waals surface area contributed by atoms with Crippen molar-refractivity contribution in [1.82, 2.24) is 5.32 Å². The molecule has 2 aromatic carbocycles. The van der Waals surface area contributed by atoms with Crippen molar-refractivity contribution in [3.05, 3.63) is 65.7 Å². The first kappa shape index (κ1) is 33.2. The van der Waals surface area contributed by atoms with Gasteiger partial charge >= 0.3 is 236 Å². The predicted octanol–water partition coefficient (Wildman–Crippen LogP) is 7.92. The summed E-state index contributed by atoms with van der Waals surface area (Å²) in [6.45, 7) is 12.5. The molecule has 0 unspecified atom stereocenters. The van der Waals surface area contributed by atoms with Gasteiger partial charge in [0.05, 0.1) is 0 Å². The van der Waals surface area contributed by atoms with Gasteiger partial charge < -0.3 is 0 Å². The van der Waals surface area contributed by atoms with E-state index in [1.165, 1.54) is 51.8 Å². The van der Waals surface area contributed by atoms with Crippen molar-refractivity contribution >= 4 is 34.0 Å². The summed E-state index contributed by atoms with van der Waals surface area (Å²) in [6.07, 6.45) is 7.44. The summed E-state index contributed by atoms with van der Waals surface area (Å²) in [7, 11) is 0. The second kappa shape index (κ2) is 16.9. The van der Waals surface area contributed by atoms with E-state index in [2.05, 4.69) is 50.4 Å². The molecule has 0 heterocycles. The van der Waals surface area contributed by atoms with Crippen molar-refractivity contribution in [2.75, 3.05) is 0 Å². The van der Waals surface area contributed by atoms with Crippen molar-refractivity contribution in [2.45, 2.75) is 118 Å². The van der Waals surface area contributed by atoms with E-state index in [0.717, 1.165) is 11.1 Å². The molecule has 0 aromatic heterocycles. The van der Waals surface area contributed by atoms with Gasteiger partial charge in [-0.15, -0.1) is 0 Å². The Morgan fingerprint density at radius 2 is 1.33 bits per heavy atom. The first-order chi connectivity index (χ1) is 18.6. The molecule has 0 bridgehead atoms. The van der Waals surface area contributed by atoms with Gasteiger partial charge in [-0.2, -0.15) is 0 Å². The molecule has 1 atom stereocenters. The number of unbranched alkanes of at least 4 members (excludes halogenated alkanes) is 3. The van der Waals surface area contributed by atoms with E-state index in [1.807, 2.05) is 51.1 Å². The number of esters is 1. The molecule has 1 amide bonds. The number of ether oxygens (including phenoxy) is 2. The quantitative estimate of drug-likeness (QED) is 0.149. The average Bonchev–Trinajstić information content (AvgIpc) is 2.91. The molecule has 2 rings (SSSR count). The Morgan fingerprint density at radius 3 is 1.82 bits per heavy atom. The number of carbonyl (C=O) groups excluding carboxylic acids is 2. The van der Waals surface area contributed by atoms with Crippen LogP contribution in [0.15, 0.2) is 54.6 Å². The zero-order valence-electron chi connectivity index (χ0n) is 25.2. The number of amides is 1. The standard InChI is InChI=1S/C21H24NO4.3C4H9.Sn/c1-21(2,3)26-20(24)22-18(14-16-10-6-4-7-11-16)19(23)25-15-17-12-8-5-9-13-17;3*1-3-4-2;/h5-13,18H,14-15H2,1-3H3,(H,22,24);3*1,3-4H2,2H3;/t18-;;;;/m0..../s1. The van der Waals surface area contributed by atoms with Crippen LogP contribution in [0.3, 0.4) is 0 Å². The summed E-state index contributed by atoms with van der Waals surface area (Å²) in [4.78, 5) is 25.7. The molecular formula is C33H51NO4Sn. The van der Waals surface area contributed by atoms with Gasteiger partial charge in [0.2, 0.25) is 0 Å².